The van der Waals surface area contributed by atoms with Crippen molar-refractivity contribution in [3.63, 3.8) is 0 Å². The molecule has 2 heterocycles. The monoisotopic (exact) mass is 367 g/mol. The lowest BCUT2D eigenvalue weighted by molar-refractivity contribution is 0.205. The molecule has 0 spiro atoms. The van der Waals surface area contributed by atoms with Crippen LogP contribution in [0.15, 0.2) is 45.4 Å². The highest BCUT2D eigenvalue weighted by Crippen LogP contribution is 2.38. The molecule has 1 aromatic carbocycles. The third kappa shape index (κ3) is 4.33. The fourth-order valence-electron chi connectivity index (χ4n) is 2.73. The largest absolute Gasteiger partial charge is 0.356 e. The van der Waals surface area contributed by atoms with Crippen LogP contribution >= 0.6 is 0 Å². The van der Waals surface area contributed by atoms with Crippen molar-refractivity contribution in [1.82, 2.24) is 25.5 Å². The van der Waals surface area contributed by atoms with E-state index in [-0.39, 0.29) is 6.03 Å². The maximum absolute atomic E-state index is 12.2. The number of carbonyl (C=O) groups is 1. The van der Waals surface area contributed by atoms with Crippen molar-refractivity contribution in [1.29, 1.82) is 0 Å². The zero-order chi connectivity index (χ0) is 18.6. The van der Waals surface area contributed by atoms with Gasteiger partial charge in [0.25, 0.3) is 0 Å². The molecule has 3 aromatic rings. The third-order valence-electron chi connectivity index (χ3n) is 4.40. The molecular formula is C19H21N5O3. The zero-order valence-corrected chi connectivity index (χ0v) is 15.1. The number of nitrogens with zero attached hydrogens (tertiary/aromatic N) is 4. The Bertz CT molecular complexity index is 901. The second kappa shape index (κ2) is 7.61. The summed E-state index contributed by atoms with van der Waals surface area (Å²) in [5.74, 6) is 2.49. The van der Waals surface area contributed by atoms with E-state index in [2.05, 4.69) is 20.6 Å². The van der Waals surface area contributed by atoms with Crippen LogP contribution in [0.1, 0.15) is 36.2 Å². The van der Waals surface area contributed by atoms with Crippen LogP contribution in [-0.2, 0) is 13.0 Å². The minimum Gasteiger partial charge on any atom is -0.356 e. The molecule has 1 fully saturated rings. The first-order chi connectivity index (χ1) is 13.2. The molecule has 27 heavy (non-hydrogen) atoms. The summed E-state index contributed by atoms with van der Waals surface area (Å²) < 4.78 is 10.6. The fourth-order valence-corrected chi connectivity index (χ4v) is 2.73. The van der Waals surface area contributed by atoms with Gasteiger partial charge in [0.2, 0.25) is 5.89 Å². The highest BCUT2D eigenvalue weighted by molar-refractivity contribution is 5.73. The Morgan fingerprint density at radius 1 is 1.22 bits per heavy atom. The van der Waals surface area contributed by atoms with Gasteiger partial charge < -0.3 is 19.3 Å². The van der Waals surface area contributed by atoms with Gasteiger partial charge in [-0.2, -0.15) is 4.98 Å². The first-order valence-corrected chi connectivity index (χ1v) is 9.01. The second-order valence-electron chi connectivity index (χ2n) is 6.71. The SMILES string of the molecule is CN(Cc1cc(-c2ccccc2)on1)C(=O)NCCc1nc(C2CC2)no1. The van der Waals surface area contributed by atoms with Crippen LogP contribution in [0, 0.1) is 0 Å². The van der Waals surface area contributed by atoms with E-state index in [0.29, 0.717) is 42.8 Å². The Labute approximate surface area is 156 Å². The smallest absolute Gasteiger partial charge is 0.317 e. The van der Waals surface area contributed by atoms with Crippen LogP contribution in [-0.4, -0.2) is 39.8 Å². The van der Waals surface area contributed by atoms with Gasteiger partial charge in [0.1, 0.15) is 5.69 Å². The molecular weight excluding hydrogens is 346 g/mol. The van der Waals surface area contributed by atoms with Crippen LogP contribution in [0.5, 0.6) is 0 Å². The lowest BCUT2D eigenvalue weighted by Crippen LogP contribution is -2.37. The molecule has 2 aromatic heterocycles. The lowest BCUT2D eigenvalue weighted by atomic mass is 10.1. The Hall–Kier alpha value is -3.16. The van der Waals surface area contributed by atoms with Gasteiger partial charge >= 0.3 is 6.03 Å². The number of benzene rings is 1. The number of amides is 2. The van der Waals surface area contributed by atoms with Gasteiger partial charge in [-0.1, -0.05) is 40.6 Å². The highest BCUT2D eigenvalue weighted by Gasteiger charge is 2.28. The summed E-state index contributed by atoms with van der Waals surface area (Å²) >= 11 is 0. The molecule has 2 amide bonds. The van der Waals surface area contributed by atoms with Crippen LogP contribution in [0.3, 0.4) is 0 Å². The molecule has 1 N–H and O–H groups in total. The van der Waals surface area contributed by atoms with Crippen molar-refractivity contribution in [2.75, 3.05) is 13.6 Å². The predicted octanol–water partition coefficient (Wildman–Crippen LogP) is 2.99. The molecule has 1 aliphatic carbocycles. The average Bonchev–Trinajstić information content (AvgIpc) is 3.25. The molecule has 0 atom stereocenters. The van der Waals surface area contributed by atoms with Gasteiger partial charge in [-0.25, -0.2) is 4.79 Å². The molecule has 0 aliphatic heterocycles. The van der Waals surface area contributed by atoms with Crippen LogP contribution < -0.4 is 5.32 Å². The summed E-state index contributed by atoms with van der Waals surface area (Å²) in [4.78, 5) is 18.1. The zero-order valence-electron chi connectivity index (χ0n) is 15.1. The van der Waals surface area contributed by atoms with E-state index < -0.39 is 0 Å². The molecule has 140 valence electrons. The Morgan fingerprint density at radius 3 is 2.81 bits per heavy atom. The van der Waals surface area contributed by atoms with E-state index >= 15 is 0 Å². The predicted molar refractivity (Wildman–Crippen MR) is 96.8 cm³/mol. The number of nitrogens with one attached hydrogen (secondary N) is 1. The molecule has 0 saturated heterocycles. The molecule has 8 heteroatoms. The minimum atomic E-state index is -0.193. The summed E-state index contributed by atoms with van der Waals surface area (Å²) in [7, 11) is 1.71. The average molecular weight is 367 g/mol. The van der Waals surface area contributed by atoms with E-state index in [1.807, 2.05) is 36.4 Å². The standard InChI is InChI=1S/C19H21N5O3/c1-24(12-15-11-16(26-22-15)13-5-3-2-4-6-13)19(25)20-10-9-17-21-18(23-27-17)14-7-8-14/h2-6,11,14H,7-10,12H2,1H3,(H,20,25). The normalized spacial score (nSPS) is 13.5. The summed E-state index contributed by atoms with van der Waals surface area (Å²) in [6, 6.07) is 11.4. The van der Waals surface area contributed by atoms with Crippen LogP contribution in [0.2, 0.25) is 0 Å². The van der Waals surface area contributed by atoms with Crippen molar-refractivity contribution < 1.29 is 13.8 Å². The van der Waals surface area contributed by atoms with Gasteiger partial charge in [-0.15, -0.1) is 0 Å². The van der Waals surface area contributed by atoms with Crippen molar-refractivity contribution in [2.24, 2.45) is 0 Å². The van der Waals surface area contributed by atoms with Gasteiger partial charge in [-0.05, 0) is 12.8 Å². The molecule has 0 unspecified atom stereocenters. The number of hydrogen-bond acceptors (Lipinski definition) is 6. The van der Waals surface area contributed by atoms with Crippen molar-refractivity contribution in [2.45, 2.75) is 31.7 Å². The maximum Gasteiger partial charge on any atom is 0.317 e. The number of urea groups is 1. The molecule has 4 rings (SSSR count). The highest BCUT2D eigenvalue weighted by atomic mass is 16.5. The number of rotatable bonds is 7. The third-order valence-corrected chi connectivity index (χ3v) is 4.40. The first kappa shape index (κ1) is 17.3. The fraction of sp³-hybridized carbons (Fsp3) is 0.368. The molecule has 0 radical (unpaired) electrons. The summed E-state index contributed by atoms with van der Waals surface area (Å²) in [6.45, 7) is 0.790. The molecule has 0 bridgehead atoms. The number of aromatic nitrogens is 3. The molecule has 8 nitrogen and oxygen atoms in total. The molecule has 1 saturated carbocycles. The maximum atomic E-state index is 12.2. The number of hydrogen-bond donors (Lipinski definition) is 1. The van der Waals surface area contributed by atoms with Gasteiger partial charge in [0.15, 0.2) is 11.6 Å². The Morgan fingerprint density at radius 2 is 2.04 bits per heavy atom. The molecule has 1 aliphatic rings. The summed E-state index contributed by atoms with van der Waals surface area (Å²) in [5, 5.41) is 10.8. The Kier molecular flexibility index (Phi) is 4.86. The van der Waals surface area contributed by atoms with Gasteiger partial charge in [-0.3, -0.25) is 0 Å². The second-order valence-corrected chi connectivity index (χ2v) is 6.71. The lowest BCUT2D eigenvalue weighted by Gasteiger charge is -2.15. The van der Waals surface area contributed by atoms with Crippen molar-refractivity contribution >= 4 is 6.03 Å². The number of carbonyl (C=O) groups excluding carboxylic acids is 1. The topological polar surface area (TPSA) is 97.3 Å². The van der Waals surface area contributed by atoms with Gasteiger partial charge in [0.05, 0.1) is 6.54 Å². The van der Waals surface area contributed by atoms with E-state index in [1.54, 1.807) is 11.9 Å². The van der Waals surface area contributed by atoms with E-state index in [0.717, 1.165) is 24.2 Å². The van der Waals surface area contributed by atoms with Gasteiger partial charge in [0, 0.05) is 37.6 Å². The van der Waals surface area contributed by atoms with E-state index in [1.165, 1.54) is 0 Å². The first-order valence-electron chi connectivity index (χ1n) is 9.01. The summed E-state index contributed by atoms with van der Waals surface area (Å²) in [5.41, 5.74) is 1.64. The Balaban J connectivity index is 1.24. The minimum absolute atomic E-state index is 0.193. The van der Waals surface area contributed by atoms with Crippen molar-refractivity contribution in [3.8, 4) is 11.3 Å². The van der Waals surface area contributed by atoms with Crippen LogP contribution in [0.4, 0.5) is 4.79 Å². The van der Waals surface area contributed by atoms with E-state index in [4.69, 9.17) is 9.05 Å². The van der Waals surface area contributed by atoms with E-state index in [9.17, 15) is 4.79 Å². The van der Waals surface area contributed by atoms with Crippen molar-refractivity contribution in [3.05, 3.63) is 53.8 Å². The quantitative estimate of drug-likeness (QED) is 0.689. The summed E-state index contributed by atoms with van der Waals surface area (Å²) in [6.07, 6.45) is 2.78. The van der Waals surface area contributed by atoms with Crippen LogP contribution in [0.25, 0.3) is 11.3 Å².